The van der Waals surface area contributed by atoms with Crippen LogP contribution in [0, 0.1) is 0 Å². The molecule has 1 heterocycles. The maximum absolute atomic E-state index is 9.39. The molecule has 0 saturated carbocycles. The van der Waals surface area contributed by atoms with Gasteiger partial charge in [-0.1, -0.05) is 0 Å². The number of aromatic hydroxyl groups is 2. The first-order valence-corrected chi connectivity index (χ1v) is 4.59. The Balaban J connectivity index is 2.45. The minimum Gasteiger partial charge on any atom is -0.504 e. The molecule has 0 amide bonds. The van der Waals surface area contributed by atoms with Crippen molar-refractivity contribution < 1.29 is 10.2 Å². The molecule has 0 aliphatic carbocycles. The number of nitrogens with zero attached hydrogens (tertiary/aromatic N) is 2. The Morgan fingerprint density at radius 1 is 1.21 bits per heavy atom. The van der Waals surface area contributed by atoms with E-state index in [2.05, 4.69) is 5.01 Å². The average molecular weight is 194 g/mol. The minimum absolute atomic E-state index is 0.0376. The highest BCUT2D eigenvalue weighted by Crippen LogP contribution is 2.37. The number of rotatable bonds is 1. The average Bonchev–Trinajstić information content (AvgIpc) is 2.48. The van der Waals surface area contributed by atoms with Crippen molar-refractivity contribution >= 4 is 5.69 Å². The number of hydrogen-bond donors (Lipinski definition) is 2. The standard InChI is InChI=1S/C10H14N2O2/c1-11(2)12-4-3-7-5-9(13)10(14)6-8(7)12/h5-6,13-14H,3-4H2,1-2H3. The third-order valence-electron chi connectivity index (χ3n) is 2.53. The smallest absolute Gasteiger partial charge is 0.159 e. The zero-order valence-electron chi connectivity index (χ0n) is 8.36. The molecule has 4 nitrogen and oxygen atoms in total. The molecule has 4 heteroatoms. The van der Waals surface area contributed by atoms with Gasteiger partial charge in [-0.05, 0) is 18.1 Å². The van der Waals surface area contributed by atoms with Crippen LogP contribution >= 0.6 is 0 Å². The first kappa shape index (κ1) is 9.15. The predicted molar refractivity (Wildman–Crippen MR) is 54.5 cm³/mol. The lowest BCUT2D eigenvalue weighted by Gasteiger charge is -2.26. The monoisotopic (exact) mass is 194 g/mol. The Morgan fingerprint density at radius 3 is 2.50 bits per heavy atom. The molecule has 2 N–H and O–H groups in total. The quantitative estimate of drug-likeness (QED) is 0.653. The molecule has 1 aliphatic rings. The van der Waals surface area contributed by atoms with Crippen LogP contribution in [-0.4, -0.2) is 35.9 Å². The maximum atomic E-state index is 9.39. The molecule has 1 aromatic carbocycles. The summed E-state index contributed by atoms with van der Waals surface area (Å²) in [6, 6.07) is 3.24. The van der Waals surface area contributed by atoms with E-state index >= 15 is 0 Å². The summed E-state index contributed by atoms with van der Waals surface area (Å²) < 4.78 is 0. The molecule has 0 spiro atoms. The molecular formula is C10H14N2O2. The van der Waals surface area contributed by atoms with Crippen molar-refractivity contribution in [3.05, 3.63) is 17.7 Å². The molecule has 1 aromatic rings. The summed E-state index contributed by atoms with van der Waals surface area (Å²) in [4.78, 5) is 0. The van der Waals surface area contributed by atoms with Gasteiger partial charge in [0.1, 0.15) is 0 Å². The highest BCUT2D eigenvalue weighted by atomic mass is 16.3. The van der Waals surface area contributed by atoms with E-state index in [1.165, 1.54) is 0 Å². The minimum atomic E-state index is -0.0579. The van der Waals surface area contributed by atoms with E-state index in [9.17, 15) is 10.2 Å². The van der Waals surface area contributed by atoms with Gasteiger partial charge in [-0.3, -0.25) is 0 Å². The van der Waals surface area contributed by atoms with Crippen molar-refractivity contribution in [2.24, 2.45) is 0 Å². The molecule has 76 valence electrons. The van der Waals surface area contributed by atoms with E-state index in [1.54, 1.807) is 12.1 Å². The summed E-state index contributed by atoms with van der Waals surface area (Å²) in [5.41, 5.74) is 2.05. The van der Waals surface area contributed by atoms with Crippen molar-refractivity contribution in [2.75, 3.05) is 25.6 Å². The molecule has 14 heavy (non-hydrogen) atoms. The summed E-state index contributed by atoms with van der Waals surface area (Å²) in [7, 11) is 3.91. The topological polar surface area (TPSA) is 46.9 Å². The van der Waals surface area contributed by atoms with Crippen molar-refractivity contribution in [3.8, 4) is 11.5 Å². The van der Waals surface area contributed by atoms with Crippen LogP contribution in [0.25, 0.3) is 0 Å². The second-order valence-corrected chi connectivity index (χ2v) is 3.69. The summed E-state index contributed by atoms with van der Waals surface area (Å²) in [5, 5.41) is 22.8. The van der Waals surface area contributed by atoms with Gasteiger partial charge in [-0.2, -0.15) is 0 Å². The number of anilines is 1. The number of benzene rings is 1. The van der Waals surface area contributed by atoms with E-state index in [0.29, 0.717) is 0 Å². The van der Waals surface area contributed by atoms with Crippen LogP contribution in [0.2, 0.25) is 0 Å². The molecule has 0 aromatic heterocycles. The van der Waals surface area contributed by atoms with Gasteiger partial charge in [0.2, 0.25) is 0 Å². The second-order valence-electron chi connectivity index (χ2n) is 3.69. The summed E-state index contributed by atoms with van der Waals surface area (Å²) in [5.74, 6) is -0.0955. The van der Waals surface area contributed by atoms with Gasteiger partial charge >= 0.3 is 0 Å². The van der Waals surface area contributed by atoms with Gasteiger partial charge in [0.05, 0.1) is 5.69 Å². The van der Waals surface area contributed by atoms with Crippen LogP contribution in [0.5, 0.6) is 11.5 Å². The largest absolute Gasteiger partial charge is 0.504 e. The predicted octanol–water partition coefficient (Wildman–Crippen LogP) is 0.937. The normalized spacial score (nSPS) is 14.9. The molecule has 0 atom stereocenters. The Bertz CT molecular complexity index is 363. The van der Waals surface area contributed by atoms with Gasteiger partial charge in [0.15, 0.2) is 11.5 Å². The van der Waals surface area contributed by atoms with E-state index in [0.717, 1.165) is 24.2 Å². The number of phenolic OH excluding ortho intramolecular Hbond substituents is 2. The van der Waals surface area contributed by atoms with Gasteiger partial charge in [-0.15, -0.1) is 0 Å². The Hall–Kier alpha value is -1.42. The first-order valence-electron chi connectivity index (χ1n) is 4.59. The van der Waals surface area contributed by atoms with E-state index in [-0.39, 0.29) is 11.5 Å². The zero-order chi connectivity index (χ0) is 10.3. The van der Waals surface area contributed by atoms with Crippen molar-refractivity contribution in [1.29, 1.82) is 0 Å². The fraction of sp³-hybridized carbons (Fsp3) is 0.400. The molecule has 2 rings (SSSR count). The van der Waals surface area contributed by atoms with Crippen LogP contribution in [-0.2, 0) is 6.42 Å². The fourth-order valence-corrected chi connectivity index (χ4v) is 1.81. The Kier molecular flexibility index (Phi) is 2.00. The third kappa shape index (κ3) is 1.28. The molecule has 0 unspecified atom stereocenters. The van der Waals surface area contributed by atoms with Gasteiger partial charge in [-0.25, -0.2) is 5.01 Å². The number of hydrogen-bond acceptors (Lipinski definition) is 4. The second kappa shape index (κ2) is 3.06. The van der Waals surface area contributed by atoms with Crippen LogP contribution in [0.4, 0.5) is 5.69 Å². The highest BCUT2D eigenvalue weighted by Gasteiger charge is 2.22. The van der Waals surface area contributed by atoms with E-state index in [1.807, 2.05) is 19.1 Å². The van der Waals surface area contributed by atoms with Gasteiger partial charge < -0.3 is 15.2 Å². The molecular weight excluding hydrogens is 180 g/mol. The lowest BCUT2D eigenvalue weighted by molar-refractivity contribution is 0.378. The molecule has 0 fully saturated rings. The molecule has 0 radical (unpaired) electrons. The Labute approximate surface area is 83.0 Å². The van der Waals surface area contributed by atoms with Gasteiger partial charge in [0, 0.05) is 26.7 Å². The van der Waals surface area contributed by atoms with E-state index in [4.69, 9.17) is 0 Å². The first-order chi connectivity index (χ1) is 6.59. The highest BCUT2D eigenvalue weighted by molar-refractivity contribution is 5.63. The summed E-state index contributed by atoms with van der Waals surface area (Å²) in [6.07, 6.45) is 0.904. The Morgan fingerprint density at radius 2 is 1.86 bits per heavy atom. The zero-order valence-corrected chi connectivity index (χ0v) is 8.36. The number of fused-ring (bicyclic) bond motifs is 1. The fourth-order valence-electron chi connectivity index (χ4n) is 1.81. The third-order valence-corrected chi connectivity index (χ3v) is 2.53. The van der Waals surface area contributed by atoms with Crippen molar-refractivity contribution in [1.82, 2.24) is 5.01 Å². The number of phenols is 2. The SMILES string of the molecule is CN(C)N1CCc2cc(O)c(O)cc21. The van der Waals surface area contributed by atoms with E-state index < -0.39 is 0 Å². The summed E-state index contributed by atoms with van der Waals surface area (Å²) >= 11 is 0. The molecule has 1 aliphatic heterocycles. The maximum Gasteiger partial charge on any atom is 0.159 e. The summed E-state index contributed by atoms with van der Waals surface area (Å²) in [6.45, 7) is 0.894. The van der Waals surface area contributed by atoms with Crippen LogP contribution in [0.1, 0.15) is 5.56 Å². The lowest BCUT2D eigenvalue weighted by Crippen LogP contribution is -2.35. The number of hydrazine groups is 1. The van der Waals surface area contributed by atoms with Crippen LogP contribution in [0.3, 0.4) is 0 Å². The van der Waals surface area contributed by atoms with Gasteiger partial charge in [0.25, 0.3) is 0 Å². The molecule has 0 saturated heterocycles. The van der Waals surface area contributed by atoms with Crippen LogP contribution in [0.15, 0.2) is 12.1 Å². The lowest BCUT2D eigenvalue weighted by atomic mass is 10.1. The van der Waals surface area contributed by atoms with Crippen molar-refractivity contribution in [2.45, 2.75) is 6.42 Å². The van der Waals surface area contributed by atoms with Crippen LogP contribution < -0.4 is 5.01 Å². The van der Waals surface area contributed by atoms with Crippen molar-refractivity contribution in [3.63, 3.8) is 0 Å². The molecule has 0 bridgehead atoms.